The van der Waals surface area contributed by atoms with Crippen molar-refractivity contribution in [2.45, 2.75) is 0 Å². The SMILES string of the molecule is CN(N=O)C(=O)c1ccc2c(c1)-c1ccccc1C2=O. The molecule has 5 nitrogen and oxygen atoms in total. The lowest BCUT2D eigenvalue weighted by molar-refractivity contribution is 0.0796. The average Bonchev–Trinajstić information content (AvgIpc) is 2.79. The predicted molar refractivity (Wildman–Crippen MR) is 73.2 cm³/mol. The van der Waals surface area contributed by atoms with E-state index in [1.165, 1.54) is 13.1 Å². The van der Waals surface area contributed by atoms with Crippen LogP contribution < -0.4 is 0 Å². The second-order valence-corrected chi connectivity index (χ2v) is 4.55. The van der Waals surface area contributed by atoms with E-state index in [2.05, 4.69) is 5.29 Å². The number of carbonyl (C=O) groups excluding carboxylic acids is 2. The number of rotatable bonds is 2. The van der Waals surface area contributed by atoms with Gasteiger partial charge in [-0.2, -0.15) is 5.01 Å². The minimum atomic E-state index is -0.500. The van der Waals surface area contributed by atoms with Crippen molar-refractivity contribution in [3.63, 3.8) is 0 Å². The van der Waals surface area contributed by atoms with E-state index < -0.39 is 5.91 Å². The van der Waals surface area contributed by atoms with Gasteiger partial charge in [-0.3, -0.25) is 9.59 Å². The fourth-order valence-corrected chi connectivity index (χ4v) is 2.38. The Balaban J connectivity index is 2.15. The van der Waals surface area contributed by atoms with Gasteiger partial charge in [-0.25, -0.2) is 0 Å². The van der Waals surface area contributed by atoms with Crippen LogP contribution in [-0.4, -0.2) is 23.7 Å². The van der Waals surface area contributed by atoms with Crippen molar-refractivity contribution in [3.8, 4) is 11.1 Å². The molecule has 98 valence electrons. The van der Waals surface area contributed by atoms with Crippen LogP contribution in [0.1, 0.15) is 26.3 Å². The molecular weight excluding hydrogens is 256 g/mol. The molecule has 0 radical (unpaired) electrons. The molecule has 3 rings (SSSR count). The average molecular weight is 266 g/mol. The second kappa shape index (κ2) is 4.38. The molecule has 1 amide bonds. The topological polar surface area (TPSA) is 66.8 Å². The van der Waals surface area contributed by atoms with Crippen LogP contribution >= 0.6 is 0 Å². The summed E-state index contributed by atoms with van der Waals surface area (Å²) in [4.78, 5) is 34.5. The van der Waals surface area contributed by atoms with Gasteiger partial charge < -0.3 is 0 Å². The van der Waals surface area contributed by atoms with Gasteiger partial charge in [-0.15, -0.1) is 4.91 Å². The van der Waals surface area contributed by atoms with Gasteiger partial charge in [0.15, 0.2) is 5.78 Å². The third-order valence-corrected chi connectivity index (χ3v) is 3.39. The fourth-order valence-electron chi connectivity index (χ4n) is 2.38. The second-order valence-electron chi connectivity index (χ2n) is 4.55. The molecule has 0 aliphatic heterocycles. The molecule has 0 atom stereocenters. The molecule has 0 saturated heterocycles. The van der Waals surface area contributed by atoms with Gasteiger partial charge in [-0.1, -0.05) is 24.3 Å². The zero-order chi connectivity index (χ0) is 14.3. The van der Waals surface area contributed by atoms with E-state index in [4.69, 9.17) is 0 Å². The van der Waals surface area contributed by atoms with E-state index in [-0.39, 0.29) is 5.78 Å². The quantitative estimate of drug-likeness (QED) is 0.529. The van der Waals surface area contributed by atoms with Crippen molar-refractivity contribution in [2.24, 2.45) is 5.29 Å². The van der Waals surface area contributed by atoms with Crippen LogP contribution in [0.2, 0.25) is 0 Å². The Labute approximate surface area is 114 Å². The Hall–Kier alpha value is -2.82. The van der Waals surface area contributed by atoms with E-state index in [1.54, 1.807) is 24.3 Å². The summed E-state index contributed by atoms with van der Waals surface area (Å²) >= 11 is 0. The lowest BCUT2D eigenvalue weighted by atomic mass is 10.0. The standard InChI is InChI=1S/C15H10N2O3/c1-17(16-20)15(19)9-6-7-12-13(8-9)10-4-2-3-5-11(10)14(12)18/h2-8H,1H3. The number of carbonyl (C=O) groups is 2. The van der Waals surface area contributed by atoms with Crippen molar-refractivity contribution in [2.75, 3.05) is 7.05 Å². The van der Waals surface area contributed by atoms with Crippen molar-refractivity contribution in [1.82, 2.24) is 5.01 Å². The summed E-state index contributed by atoms with van der Waals surface area (Å²) in [6.45, 7) is 0. The van der Waals surface area contributed by atoms with E-state index in [0.29, 0.717) is 16.7 Å². The highest BCUT2D eigenvalue weighted by Crippen LogP contribution is 2.36. The zero-order valence-electron chi connectivity index (χ0n) is 10.7. The maximum absolute atomic E-state index is 12.2. The maximum atomic E-state index is 12.2. The summed E-state index contributed by atoms with van der Waals surface area (Å²) in [5.74, 6) is -0.545. The van der Waals surface area contributed by atoms with Gasteiger partial charge in [0.2, 0.25) is 0 Å². The van der Waals surface area contributed by atoms with Crippen LogP contribution in [-0.2, 0) is 0 Å². The summed E-state index contributed by atoms with van der Waals surface area (Å²) < 4.78 is 0. The van der Waals surface area contributed by atoms with E-state index in [9.17, 15) is 14.5 Å². The molecule has 0 spiro atoms. The molecule has 0 N–H and O–H groups in total. The van der Waals surface area contributed by atoms with Crippen LogP contribution in [0.4, 0.5) is 0 Å². The molecule has 0 fully saturated rings. The predicted octanol–water partition coefficient (Wildman–Crippen LogP) is 2.65. The van der Waals surface area contributed by atoms with Crippen LogP contribution in [0.25, 0.3) is 11.1 Å². The van der Waals surface area contributed by atoms with Gasteiger partial charge in [0.1, 0.15) is 0 Å². The summed E-state index contributed by atoms with van der Waals surface area (Å²) in [6, 6.07) is 12.0. The minimum absolute atomic E-state index is 0.0449. The van der Waals surface area contributed by atoms with Gasteiger partial charge in [0, 0.05) is 23.7 Å². The summed E-state index contributed by atoms with van der Waals surface area (Å²) in [7, 11) is 1.29. The molecule has 1 aliphatic carbocycles. The van der Waals surface area contributed by atoms with Crippen LogP contribution in [0, 0.1) is 4.91 Å². The van der Waals surface area contributed by atoms with Gasteiger partial charge in [0.05, 0.1) is 5.29 Å². The van der Waals surface area contributed by atoms with Crippen LogP contribution in [0.15, 0.2) is 47.8 Å². The van der Waals surface area contributed by atoms with Crippen LogP contribution in [0.5, 0.6) is 0 Å². The molecule has 0 aromatic heterocycles. The smallest absolute Gasteiger partial charge is 0.276 e. The third-order valence-electron chi connectivity index (χ3n) is 3.39. The van der Waals surface area contributed by atoms with Crippen molar-refractivity contribution in [3.05, 3.63) is 64.1 Å². The first-order valence-electron chi connectivity index (χ1n) is 6.03. The summed E-state index contributed by atoms with van der Waals surface area (Å²) in [6.07, 6.45) is 0. The number of hydrogen-bond acceptors (Lipinski definition) is 4. The Morgan fingerprint density at radius 3 is 2.35 bits per heavy atom. The molecule has 2 aromatic carbocycles. The molecule has 0 heterocycles. The Morgan fingerprint density at radius 1 is 1.00 bits per heavy atom. The molecule has 0 saturated carbocycles. The highest BCUT2D eigenvalue weighted by molar-refractivity contribution is 6.22. The minimum Gasteiger partial charge on any atom is -0.289 e. The number of nitroso groups, excluding NO2 is 1. The number of nitrogens with zero attached hydrogens (tertiary/aromatic N) is 2. The first kappa shape index (κ1) is 12.2. The molecule has 5 heteroatoms. The summed E-state index contributed by atoms with van der Waals surface area (Å²) in [5.41, 5.74) is 3.06. The fraction of sp³-hybridized carbons (Fsp3) is 0.0667. The normalized spacial score (nSPS) is 11.8. The van der Waals surface area contributed by atoms with Gasteiger partial charge >= 0.3 is 0 Å². The van der Waals surface area contributed by atoms with Gasteiger partial charge in [0.25, 0.3) is 5.91 Å². The first-order valence-corrected chi connectivity index (χ1v) is 6.03. The highest BCUT2D eigenvalue weighted by atomic mass is 16.3. The molecular formula is C15H10N2O3. The lowest BCUT2D eigenvalue weighted by Crippen LogP contribution is -2.20. The molecule has 2 aromatic rings. The molecule has 0 bridgehead atoms. The van der Waals surface area contributed by atoms with E-state index in [1.807, 2.05) is 12.1 Å². The third kappa shape index (κ3) is 1.64. The number of amides is 1. The Kier molecular flexibility index (Phi) is 2.68. The number of benzene rings is 2. The Morgan fingerprint density at radius 2 is 1.65 bits per heavy atom. The van der Waals surface area contributed by atoms with Gasteiger partial charge in [-0.05, 0) is 29.3 Å². The van der Waals surface area contributed by atoms with Crippen LogP contribution in [0.3, 0.4) is 0 Å². The van der Waals surface area contributed by atoms with Crippen molar-refractivity contribution < 1.29 is 9.59 Å². The Bertz CT molecular complexity index is 753. The van der Waals surface area contributed by atoms with Crippen molar-refractivity contribution >= 4 is 11.7 Å². The largest absolute Gasteiger partial charge is 0.289 e. The van der Waals surface area contributed by atoms with Crippen molar-refractivity contribution in [1.29, 1.82) is 0 Å². The zero-order valence-corrected chi connectivity index (χ0v) is 10.7. The highest BCUT2D eigenvalue weighted by Gasteiger charge is 2.27. The van der Waals surface area contributed by atoms with E-state index >= 15 is 0 Å². The monoisotopic (exact) mass is 266 g/mol. The molecule has 20 heavy (non-hydrogen) atoms. The number of ketones is 1. The molecule has 1 aliphatic rings. The maximum Gasteiger partial charge on any atom is 0.276 e. The lowest BCUT2D eigenvalue weighted by Gasteiger charge is -2.08. The van der Waals surface area contributed by atoms with E-state index in [0.717, 1.165) is 16.1 Å². The number of fused-ring (bicyclic) bond motifs is 3. The number of hydrogen-bond donors (Lipinski definition) is 0. The summed E-state index contributed by atoms with van der Waals surface area (Å²) in [5, 5.41) is 3.31. The first-order chi connectivity index (χ1) is 9.63. The molecule has 0 unspecified atom stereocenters.